The van der Waals surface area contributed by atoms with Gasteiger partial charge < -0.3 is 10.1 Å². The molecule has 3 rings (SSSR count). The summed E-state index contributed by atoms with van der Waals surface area (Å²) in [5.74, 6) is 1.06. The first-order valence-corrected chi connectivity index (χ1v) is 9.67. The van der Waals surface area contributed by atoms with Gasteiger partial charge in [-0.2, -0.15) is 0 Å². The van der Waals surface area contributed by atoms with Crippen LogP contribution in [0.25, 0.3) is 5.69 Å². The Bertz CT molecular complexity index is 896. The quantitative estimate of drug-likeness (QED) is 0.479. The highest BCUT2D eigenvalue weighted by Crippen LogP contribution is 2.19. The molecular weight excluding hydrogens is 360 g/mol. The summed E-state index contributed by atoms with van der Waals surface area (Å²) in [5.41, 5.74) is 3.26. The van der Waals surface area contributed by atoms with Gasteiger partial charge in [0, 0.05) is 5.69 Å². The molecule has 0 saturated heterocycles. The van der Waals surface area contributed by atoms with E-state index in [0.29, 0.717) is 18.3 Å². The Morgan fingerprint density at radius 1 is 1.19 bits per heavy atom. The third-order valence-corrected chi connectivity index (χ3v) is 4.84. The molecule has 6 nitrogen and oxygen atoms in total. The van der Waals surface area contributed by atoms with E-state index in [1.54, 1.807) is 6.33 Å². The molecule has 1 N–H and O–H groups in total. The Kier molecular flexibility index (Phi) is 6.49. The van der Waals surface area contributed by atoms with Gasteiger partial charge in [0.25, 0.3) is 0 Å². The Balaban J connectivity index is 1.42. The van der Waals surface area contributed by atoms with Gasteiger partial charge in [-0.05, 0) is 37.6 Å². The number of para-hydroxylation sites is 1. The van der Waals surface area contributed by atoms with Crippen molar-refractivity contribution in [1.29, 1.82) is 0 Å². The van der Waals surface area contributed by atoms with Crippen LogP contribution in [0.5, 0.6) is 5.75 Å². The molecule has 0 bridgehead atoms. The van der Waals surface area contributed by atoms with Crippen LogP contribution in [0.2, 0.25) is 0 Å². The van der Waals surface area contributed by atoms with Crippen LogP contribution in [-0.2, 0) is 4.79 Å². The fourth-order valence-electron chi connectivity index (χ4n) is 2.58. The van der Waals surface area contributed by atoms with Crippen LogP contribution in [0, 0.1) is 13.8 Å². The molecule has 0 atom stereocenters. The molecule has 0 aliphatic heterocycles. The van der Waals surface area contributed by atoms with Gasteiger partial charge in [0.15, 0.2) is 5.16 Å². The van der Waals surface area contributed by atoms with Crippen LogP contribution < -0.4 is 10.1 Å². The number of thioether (sulfide) groups is 1. The van der Waals surface area contributed by atoms with Crippen molar-refractivity contribution in [1.82, 2.24) is 20.1 Å². The van der Waals surface area contributed by atoms with Crippen LogP contribution in [0.4, 0.5) is 0 Å². The molecule has 3 aromatic rings. The third-order valence-electron chi connectivity index (χ3n) is 3.90. The van der Waals surface area contributed by atoms with Crippen LogP contribution in [-0.4, -0.2) is 39.6 Å². The summed E-state index contributed by atoms with van der Waals surface area (Å²) < 4.78 is 7.58. The third kappa shape index (κ3) is 5.34. The second-order valence-corrected chi connectivity index (χ2v) is 7.02. The van der Waals surface area contributed by atoms with Gasteiger partial charge in [-0.25, -0.2) is 0 Å². The van der Waals surface area contributed by atoms with E-state index in [4.69, 9.17) is 4.74 Å². The number of aryl methyl sites for hydroxylation is 2. The Labute approximate surface area is 163 Å². The van der Waals surface area contributed by atoms with E-state index in [-0.39, 0.29) is 11.7 Å². The van der Waals surface area contributed by atoms with Gasteiger partial charge in [-0.1, -0.05) is 47.7 Å². The molecule has 1 aromatic heterocycles. The lowest BCUT2D eigenvalue weighted by Crippen LogP contribution is -2.29. The van der Waals surface area contributed by atoms with E-state index >= 15 is 0 Å². The lowest BCUT2D eigenvalue weighted by atomic mass is 10.1. The SMILES string of the molecule is Cc1ccc(OCCNC(=O)CSc2nncn2-c2ccccc2)c(C)c1. The number of carbonyl (C=O) groups excluding carboxylic acids is 1. The number of hydrogen-bond acceptors (Lipinski definition) is 5. The molecule has 1 amide bonds. The van der Waals surface area contributed by atoms with E-state index in [1.807, 2.05) is 60.9 Å². The Hall–Kier alpha value is -2.80. The molecule has 2 aromatic carbocycles. The van der Waals surface area contributed by atoms with Crippen molar-refractivity contribution in [3.63, 3.8) is 0 Å². The first kappa shape index (κ1) is 19.0. The number of ether oxygens (including phenoxy) is 1. The molecule has 27 heavy (non-hydrogen) atoms. The summed E-state index contributed by atoms with van der Waals surface area (Å²) in [6, 6.07) is 15.8. The standard InChI is InChI=1S/C20H22N4O2S/c1-15-8-9-18(16(2)12-15)26-11-10-21-19(25)13-27-20-23-22-14-24(20)17-6-4-3-5-7-17/h3-9,12,14H,10-11,13H2,1-2H3,(H,21,25). The molecule has 140 valence electrons. The van der Waals surface area contributed by atoms with Gasteiger partial charge in [0.1, 0.15) is 18.7 Å². The van der Waals surface area contributed by atoms with Crippen molar-refractivity contribution in [2.75, 3.05) is 18.9 Å². The maximum Gasteiger partial charge on any atom is 0.230 e. The number of nitrogens with zero attached hydrogens (tertiary/aromatic N) is 3. The van der Waals surface area contributed by atoms with E-state index in [1.165, 1.54) is 17.3 Å². The predicted molar refractivity (Wildman–Crippen MR) is 107 cm³/mol. The Morgan fingerprint density at radius 3 is 2.78 bits per heavy atom. The summed E-state index contributed by atoms with van der Waals surface area (Å²) in [7, 11) is 0. The van der Waals surface area contributed by atoms with Gasteiger partial charge in [-0.3, -0.25) is 9.36 Å². The highest BCUT2D eigenvalue weighted by atomic mass is 32.2. The van der Waals surface area contributed by atoms with Gasteiger partial charge in [0.05, 0.1) is 12.3 Å². The predicted octanol–water partition coefficient (Wildman–Crippen LogP) is 3.17. The summed E-state index contributed by atoms with van der Waals surface area (Å²) in [4.78, 5) is 12.1. The van der Waals surface area contributed by atoms with Gasteiger partial charge in [-0.15, -0.1) is 10.2 Å². The maximum absolute atomic E-state index is 12.1. The number of rotatable bonds is 8. The number of hydrogen-bond donors (Lipinski definition) is 1. The number of benzene rings is 2. The molecule has 0 spiro atoms. The smallest absolute Gasteiger partial charge is 0.230 e. The fourth-order valence-corrected chi connectivity index (χ4v) is 3.34. The molecule has 0 unspecified atom stereocenters. The topological polar surface area (TPSA) is 69.0 Å². The van der Waals surface area contributed by atoms with E-state index < -0.39 is 0 Å². The molecule has 0 radical (unpaired) electrons. The van der Waals surface area contributed by atoms with Crippen LogP contribution >= 0.6 is 11.8 Å². The monoisotopic (exact) mass is 382 g/mol. The minimum atomic E-state index is -0.0631. The molecule has 0 fully saturated rings. The molecular formula is C20H22N4O2S. The normalized spacial score (nSPS) is 10.6. The molecule has 7 heteroatoms. The molecule has 0 saturated carbocycles. The van der Waals surface area contributed by atoms with Gasteiger partial charge >= 0.3 is 0 Å². The second-order valence-electron chi connectivity index (χ2n) is 6.08. The fraction of sp³-hybridized carbons (Fsp3) is 0.250. The highest BCUT2D eigenvalue weighted by molar-refractivity contribution is 7.99. The zero-order chi connectivity index (χ0) is 19.1. The first-order valence-electron chi connectivity index (χ1n) is 8.68. The number of aromatic nitrogens is 3. The molecule has 0 aliphatic carbocycles. The Morgan fingerprint density at radius 2 is 2.00 bits per heavy atom. The number of nitrogens with one attached hydrogen (secondary N) is 1. The van der Waals surface area contributed by atoms with Crippen molar-refractivity contribution >= 4 is 17.7 Å². The average Bonchev–Trinajstić information content (AvgIpc) is 3.14. The minimum Gasteiger partial charge on any atom is -0.491 e. The first-order chi connectivity index (χ1) is 13.1. The summed E-state index contributed by atoms with van der Waals surface area (Å²) in [6.07, 6.45) is 1.65. The van der Waals surface area contributed by atoms with Crippen LogP contribution in [0.15, 0.2) is 60.0 Å². The van der Waals surface area contributed by atoms with Crippen molar-refractivity contribution in [3.8, 4) is 11.4 Å². The van der Waals surface area contributed by atoms with Crippen LogP contribution in [0.1, 0.15) is 11.1 Å². The highest BCUT2D eigenvalue weighted by Gasteiger charge is 2.10. The number of amides is 1. The van der Waals surface area contributed by atoms with Crippen molar-refractivity contribution in [2.24, 2.45) is 0 Å². The summed E-state index contributed by atoms with van der Waals surface area (Å²) in [5, 5.41) is 11.6. The largest absolute Gasteiger partial charge is 0.491 e. The minimum absolute atomic E-state index is 0.0631. The molecule has 1 heterocycles. The summed E-state index contributed by atoms with van der Waals surface area (Å²) in [6.45, 7) is 4.95. The lowest BCUT2D eigenvalue weighted by Gasteiger charge is -2.10. The maximum atomic E-state index is 12.1. The molecule has 0 aliphatic rings. The average molecular weight is 382 g/mol. The van der Waals surface area contributed by atoms with Crippen molar-refractivity contribution in [3.05, 3.63) is 66.0 Å². The second kappa shape index (κ2) is 9.23. The van der Waals surface area contributed by atoms with Crippen molar-refractivity contribution in [2.45, 2.75) is 19.0 Å². The summed E-state index contributed by atoms with van der Waals surface area (Å²) >= 11 is 1.35. The van der Waals surface area contributed by atoms with E-state index in [9.17, 15) is 4.79 Å². The van der Waals surface area contributed by atoms with Crippen LogP contribution in [0.3, 0.4) is 0 Å². The van der Waals surface area contributed by atoms with E-state index in [2.05, 4.69) is 21.6 Å². The van der Waals surface area contributed by atoms with Crippen molar-refractivity contribution < 1.29 is 9.53 Å². The van der Waals surface area contributed by atoms with Gasteiger partial charge in [0.2, 0.25) is 5.91 Å². The van der Waals surface area contributed by atoms with E-state index in [0.717, 1.165) is 17.0 Å². The lowest BCUT2D eigenvalue weighted by molar-refractivity contribution is -0.118. The number of carbonyl (C=O) groups is 1. The zero-order valence-corrected chi connectivity index (χ0v) is 16.2. The zero-order valence-electron chi connectivity index (χ0n) is 15.4.